The monoisotopic (exact) mass is 359 g/mol. The second-order valence-electron chi connectivity index (χ2n) is 4.15. The maximum atomic E-state index is 5.72. The van der Waals surface area contributed by atoms with Crippen LogP contribution < -0.4 is 20.6 Å². The SMILES string of the molecule is CCOc1cc(C=NNC(N)=S)c(Br)cc1OC(C)C. The van der Waals surface area contributed by atoms with E-state index in [9.17, 15) is 0 Å². The molecule has 0 aromatic heterocycles. The summed E-state index contributed by atoms with van der Waals surface area (Å²) in [5.74, 6) is 1.36. The van der Waals surface area contributed by atoms with Crippen LogP contribution in [0, 0.1) is 0 Å². The first-order valence-corrected chi connectivity index (χ1v) is 7.35. The van der Waals surface area contributed by atoms with Crippen LogP contribution in [0.5, 0.6) is 11.5 Å². The molecule has 0 atom stereocenters. The predicted octanol–water partition coefficient (Wildman–Crippen LogP) is 2.80. The predicted molar refractivity (Wildman–Crippen MR) is 88.6 cm³/mol. The normalized spacial score (nSPS) is 10.8. The highest BCUT2D eigenvalue weighted by Crippen LogP contribution is 2.33. The second kappa shape index (κ2) is 8.06. The number of halogens is 1. The number of thiocarbonyl (C=S) groups is 1. The Kier molecular flexibility index (Phi) is 6.74. The smallest absolute Gasteiger partial charge is 0.184 e. The van der Waals surface area contributed by atoms with Crippen LogP contribution in [0.4, 0.5) is 0 Å². The highest BCUT2D eigenvalue weighted by atomic mass is 79.9. The molecule has 0 heterocycles. The van der Waals surface area contributed by atoms with Crippen molar-refractivity contribution in [2.75, 3.05) is 6.61 Å². The third kappa shape index (κ3) is 5.34. The fraction of sp³-hybridized carbons (Fsp3) is 0.385. The molecular formula is C13H18BrN3O2S. The van der Waals surface area contributed by atoms with Crippen molar-refractivity contribution in [2.24, 2.45) is 10.8 Å². The van der Waals surface area contributed by atoms with Gasteiger partial charge in [-0.1, -0.05) is 0 Å². The molecule has 0 aliphatic carbocycles. The van der Waals surface area contributed by atoms with Crippen LogP contribution in [0.25, 0.3) is 0 Å². The molecule has 0 aliphatic heterocycles. The van der Waals surface area contributed by atoms with Crippen molar-refractivity contribution in [1.82, 2.24) is 5.43 Å². The molecular weight excluding hydrogens is 342 g/mol. The summed E-state index contributed by atoms with van der Waals surface area (Å²) in [4.78, 5) is 0. The first-order valence-electron chi connectivity index (χ1n) is 6.15. The summed E-state index contributed by atoms with van der Waals surface area (Å²) in [6.07, 6.45) is 1.67. The van der Waals surface area contributed by atoms with Gasteiger partial charge < -0.3 is 15.2 Å². The zero-order valence-electron chi connectivity index (χ0n) is 11.6. The van der Waals surface area contributed by atoms with E-state index in [0.29, 0.717) is 18.1 Å². The summed E-state index contributed by atoms with van der Waals surface area (Å²) in [7, 11) is 0. The molecule has 0 saturated carbocycles. The molecule has 110 valence electrons. The van der Waals surface area contributed by atoms with Crippen molar-refractivity contribution >= 4 is 39.5 Å². The zero-order valence-corrected chi connectivity index (χ0v) is 14.0. The van der Waals surface area contributed by atoms with Crippen LogP contribution in [0.1, 0.15) is 26.3 Å². The summed E-state index contributed by atoms with van der Waals surface area (Å²) < 4.78 is 12.1. The Hall–Kier alpha value is -1.34. The molecule has 0 fully saturated rings. The molecule has 7 heteroatoms. The number of ether oxygens (including phenoxy) is 2. The Morgan fingerprint density at radius 1 is 1.50 bits per heavy atom. The van der Waals surface area contributed by atoms with Gasteiger partial charge in [0.25, 0.3) is 0 Å². The Morgan fingerprint density at radius 2 is 2.20 bits per heavy atom. The number of nitrogens with zero attached hydrogens (tertiary/aromatic N) is 1. The van der Waals surface area contributed by atoms with Crippen LogP contribution in [-0.4, -0.2) is 24.0 Å². The topological polar surface area (TPSA) is 68.9 Å². The largest absolute Gasteiger partial charge is 0.490 e. The van der Waals surface area contributed by atoms with Crippen LogP contribution in [0.15, 0.2) is 21.7 Å². The van der Waals surface area contributed by atoms with Gasteiger partial charge in [0.15, 0.2) is 16.6 Å². The number of benzene rings is 1. The lowest BCUT2D eigenvalue weighted by molar-refractivity contribution is 0.223. The average Bonchev–Trinajstić information content (AvgIpc) is 2.33. The van der Waals surface area contributed by atoms with E-state index in [1.807, 2.05) is 32.9 Å². The number of hydrazone groups is 1. The van der Waals surface area contributed by atoms with E-state index < -0.39 is 0 Å². The molecule has 0 radical (unpaired) electrons. The lowest BCUT2D eigenvalue weighted by atomic mass is 10.2. The molecule has 1 aromatic carbocycles. The fourth-order valence-electron chi connectivity index (χ4n) is 1.43. The van der Waals surface area contributed by atoms with E-state index in [0.717, 1.165) is 10.0 Å². The summed E-state index contributed by atoms with van der Waals surface area (Å²) >= 11 is 8.15. The summed E-state index contributed by atoms with van der Waals surface area (Å²) in [6.45, 7) is 6.40. The fourth-order valence-corrected chi connectivity index (χ4v) is 1.91. The Morgan fingerprint density at radius 3 is 2.75 bits per heavy atom. The maximum absolute atomic E-state index is 5.72. The lowest BCUT2D eigenvalue weighted by Crippen LogP contribution is -2.24. The van der Waals surface area contributed by atoms with Crippen molar-refractivity contribution in [2.45, 2.75) is 26.9 Å². The van der Waals surface area contributed by atoms with Gasteiger partial charge in [0.2, 0.25) is 0 Å². The summed E-state index contributed by atoms with van der Waals surface area (Å²) in [5, 5.41) is 4.04. The van der Waals surface area contributed by atoms with Gasteiger partial charge in [-0.25, -0.2) is 0 Å². The van der Waals surface area contributed by atoms with E-state index in [2.05, 4.69) is 38.7 Å². The molecule has 0 amide bonds. The minimum absolute atomic E-state index is 0.0666. The van der Waals surface area contributed by atoms with Gasteiger partial charge in [0, 0.05) is 10.0 Å². The van der Waals surface area contributed by atoms with Gasteiger partial charge in [-0.05, 0) is 61.1 Å². The Balaban J connectivity index is 3.05. The Labute approximate surface area is 132 Å². The molecule has 1 rings (SSSR count). The van der Waals surface area contributed by atoms with E-state index >= 15 is 0 Å². The van der Waals surface area contributed by atoms with Crippen molar-refractivity contribution in [1.29, 1.82) is 0 Å². The quantitative estimate of drug-likeness (QED) is 0.464. The molecule has 3 N–H and O–H groups in total. The molecule has 0 aliphatic rings. The number of rotatable bonds is 6. The van der Waals surface area contributed by atoms with Gasteiger partial charge >= 0.3 is 0 Å². The number of hydrogen-bond donors (Lipinski definition) is 2. The van der Waals surface area contributed by atoms with Gasteiger partial charge in [-0.2, -0.15) is 5.10 Å². The molecule has 0 unspecified atom stereocenters. The third-order valence-electron chi connectivity index (χ3n) is 2.10. The molecule has 0 saturated heterocycles. The minimum Gasteiger partial charge on any atom is -0.490 e. The van der Waals surface area contributed by atoms with Crippen molar-refractivity contribution in [3.63, 3.8) is 0 Å². The minimum atomic E-state index is 0.0666. The molecule has 20 heavy (non-hydrogen) atoms. The van der Waals surface area contributed by atoms with E-state index in [1.54, 1.807) is 6.21 Å². The molecule has 1 aromatic rings. The first kappa shape index (κ1) is 16.7. The van der Waals surface area contributed by atoms with Crippen molar-refractivity contribution in [3.8, 4) is 11.5 Å². The highest BCUT2D eigenvalue weighted by molar-refractivity contribution is 9.10. The van der Waals surface area contributed by atoms with E-state index in [1.165, 1.54) is 0 Å². The van der Waals surface area contributed by atoms with Crippen molar-refractivity contribution < 1.29 is 9.47 Å². The standard InChI is InChI=1S/C13H18BrN3O2S/c1-4-18-11-5-9(7-16-17-13(15)20)10(14)6-12(11)19-8(2)3/h5-8H,4H2,1-3H3,(H3,15,17,20). The van der Waals surface area contributed by atoms with Gasteiger partial charge in [0.05, 0.1) is 18.9 Å². The molecule has 0 bridgehead atoms. The third-order valence-corrected chi connectivity index (χ3v) is 2.88. The number of nitrogens with one attached hydrogen (secondary N) is 1. The lowest BCUT2D eigenvalue weighted by Gasteiger charge is -2.15. The van der Waals surface area contributed by atoms with Crippen LogP contribution >= 0.6 is 28.1 Å². The summed E-state index contributed by atoms with van der Waals surface area (Å²) in [6, 6.07) is 3.70. The van der Waals surface area contributed by atoms with Crippen LogP contribution in [-0.2, 0) is 0 Å². The highest BCUT2D eigenvalue weighted by Gasteiger charge is 2.11. The number of nitrogens with two attached hydrogens (primary N) is 1. The Bertz CT molecular complexity index is 507. The zero-order chi connectivity index (χ0) is 15.1. The van der Waals surface area contributed by atoms with Gasteiger partial charge in [-0.3, -0.25) is 5.43 Å². The first-order chi connectivity index (χ1) is 9.43. The van der Waals surface area contributed by atoms with Gasteiger partial charge in [0.1, 0.15) is 0 Å². The van der Waals surface area contributed by atoms with E-state index in [4.69, 9.17) is 15.2 Å². The van der Waals surface area contributed by atoms with Crippen LogP contribution in [0.2, 0.25) is 0 Å². The maximum Gasteiger partial charge on any atom is 0.184 e. The van der Waals surface area contributed by atoms with E-state index in [-0.39, 0.29) is 11.2 Å². The molecule has 5 nitrogen and oxygen atoms in total. The number of hydrogen-bond acceptors (Lipinski definition) is 4. The second-order valence-corrected chi connectivity index (χ2v) is 5.45. The van der Waals surface area contributed by atoms with Crippen molar-refractivity contribution in [3.05, 3.63) is 22.2 Å². The van der Waals surface area contributed by atoms with Gasteiger partial charge in [-0.15, -0.1) is 0 Å². The molecule has 0 spiro atoms. The van der Waals surface area contributed by atoms with Crippen LogP contribution in [0.3, 0.4) is 0 Å². The average molecular weight is 360 g/mol. The summed E-state index contributed by atoms with van der Waals surface area (Å²) in [5.41, 5.74) is 8.63.